The molecule has 3 aromatic rings. The van der Waals surface area contributed by atoms with Gasteiger partial charge in [-0.2, -0.15) is 0 Å². The first-order chi connectivity index (χ1) is 14.1. The van der Waals surface area contributed by atoms with Crippen molar-refractivity contribution in [2.24, 2.45) is 0 Å². The number of nitrogens with one attached hydrogen (secondary N) is 1. The molecule has 0 saturated carbocycles. The number of carbonyl (C=O) groups excluding carboxylic acids is 2. The number of nitrogens with zero attached hydrogens (tertiary/aromatic N) is 1. The van der Waals surface area contributed by atoms with Gasteiger partial charge in [0, 0.05) is 28.5 Å². The number of hydrogen-bond donors (Lipinski definition) is 1. The normalized spacial score (nSPS) is 12.9. The molecule has 146 valence electrons. The van der Waals surface area contributed by atoms with Crippen LogP contribution in [0.25, 0.3) is 0 Å². The zero-order valence-electron chi connectivity index (χ0n) is 15.9. The van der Waals surface area contributed by atoms with E-state index < -0.39 is 0 Å². The van der Waals surface area contributed by atoms with Gasteiger partial charge in [0.2, 0.25) is 5.91 Å². The lowest BCUT2D eigenvalue weighted by Crippen LogP contribution is -2.35. The van der Waals surface area contributed by atoms with Gasteiger partial charge in [-0.25, -0.2) is 0 Å². The average Bonchev–Trinajstić information content (AvgIpc) is 2.74. The van der Waals surface area contributed by atoms with E-state index in [1.54, 1.807) is 29.2 Å². The second-order valence-electron chi connectivity index (χ2n) is 7.12. The predicted octanol–water partition coefficient (Wildman–Crippen LogP) is 5.11. The number of halogens is 1. The van der Waals surface area contributed by atoms with Crippen molar-refractivity contribution < 1.29 is 9.59 Å². The lowest BCUT2D eigenvalue weighted by atomic mass is 10.00. The Hall–Kier alpha value is -3.11. The summed E-state index contributed by atoms with van der Waals surface area (Å²) in [6, 6.07) is 22.3. The minimum atomic E-state index is -0.0546. The van der Waals surface area contributed by atoms with E-state index in [1.165, 1.54) is 0 Å². The molecule has 4 nitrogen and oxygen atoms in total. The summed E-state index contributed by atoms with van der Waals surface area (Å²) in [4.78, 5) is 27.1. The molecule has 2 amide bonds. The van der Waals surface area contributed by atoms with E-state index >= 15 is 0 Å². The molecule has 0 bridgehead atoms. The van der Waals surface area contributed by atoms with E-state index in [0.29, 0.717) is 23.6 Å². The minimum Gasteiger partial charge on any atom is -0.326 e. The molecule has 0 saturated heterocycles. The fourth-order valence-electron chi connectivity index (χ4n) is 3.62. The number of hydrogen-bond acceptors (Lipinski definition) is 2. The smallest absolute Gasteiger partial charge is 0.258 e. The van der Waals surface area contributed by atoms with Gasteiger partial charge in [0.05, 0.1) is 6.42 Å². The molecular formula is C24H21ClN2O2. The highest BCUT2D eigenvalue weighted by molar-refractivity contribution is 6.30. The Bertz CT molecular complexity index is 1030. The Kier molecular flexibility index (Phi) is 5.63. The Morgan fingerprint density at radius 1 is 0.966 bits per heavy atom. The van der Waals surface area contributed by atoms with Crippen molar-refractivity contribution in [3.63, 3.8) is 0 Å². The van der Waals surface area contributed by atoms with Crippen LogP contribution in [0.5, 0.6) is 0 Å². The van der Waals surface area contributed by atoms with E-state index in [0.717, 1.165) is 35.3 Å². The summed E-state index contributed by atoms with van der Waals surface area (Å²) >= 11 is 5.93. The van der Waals surface area contributed by atoms with Crippen LogP contribution >= 0.6 is 11.6 Å². The average molecular weight is 405 g/mol. The number of fused-ring (bicyclic) bond motifs is 1. The van der Waals surface area contributed by atoms with Gasteiger partial charge in [-0.3, -0.25) is 9.59 Å². The van der Waals surface area contributed by atoms with Crippen molar-refractivity contribution in [3.05, 3.63) is 94.5 Å². The van der Waals surface area contributed by atoms with E-state index in [-0.39, 0.29) is 11.8 Å². The van der Waals surface area contributed by atoms with Gasteiger partial charge in [0.15, 0.2) is 0 Å². The fraction of sp³-hybridized carbons (Fsp3) is 0.167. The highest BCUT2D eigenvalue weighted by Crippen LogP contribution is 2.31. The van der Waals surface area contributed by atoms with Crippen LogP contribution in [0.4, 0.5) is 11.4 Å². The molecule has 1 N–H and O–H groups in total. The van der Waals surface area contributed by atoms with Crippen LogP contribution in [0.3, 0.4) is 0 Å². The number of benzene rings is 3. The second kappa shape index (κ2) is 8.50. The molecule has 1 heterocycles. The topological polar surface area (TPSA) is 49.4 Å². The summed E-state index contributed by atoms with van der Waals surface area (Å²) < 4.78 is 0. The molecule has 0 unspecified atom stereocenters. The molecule has 4 rings (SSSR count). The summed E-state index contributed by atoms with van der Waals surface area (Å²) in [5.74, 6) is -0.0930. The third-order valence-corrected chi connectivity index (χ3v) is 5.28. The van der Waals surface area contributed by atoms with E-state index in [1.807, 2.05) is 48.5 Å². The molecule has 1 aliphatic rings. The minimum absolute atomic E-state index is 0.0384. The Balaban J connectivity index is 1.50. The zero-order chi connectivity index (χ0) is 20.2. The van der Waals surface area contributed by atoms with Crippen molar-refractivity contribution in [2.45, 2.75) is 19.3 Å². The Morgan fingerprint density at radius 2 is 1.72 bits per heavy atom. The third kappa shape index (κ3) is 4.49. The molecule has 1 aliphatic heterocycles. The molecule has 0 aromatic heterocycles. The highest BCUT2D eigenvalue weighted by atomic mass is 35.5. The maximum absolute atomic E-state index is 13.0. The van der Waals surface area contributed by atoms with Gasteiger partial charge in [-0.1, -0.05) is 41.9 Å². The summed E-state index contributed by atoms with van der Waals surface area (Å²) in [5, 5.41) is 3.57. The first-order valence-corrected chi connectivity index (χ1v) is 10.0. The first-order valence-electron chi connectivity index (χ1n) is 9.64. The van der Waals surface area contributed by atoms with Crippen molar-refractivity contribution in [1.82, 2.24) is 0 Å². The maximum atomic E-state index is 13.0. The monoisotopic (exact) mass is 404 g/mol. The third-order valence-electron chi connectivity index (χ3n) is 5.03. The van der Waals surface area contributed by atoms with Crippen LogP contribution in [-0.4, -0.2) is 18.4 Å². The van der Waals surface area contributed by atoms with Crippen LogP contribution in [-0.2, 0) is 17.6 Å². The molecule has 0 radical (unpaired) electrons. The maximum Gasteiger partial charge on any atom is 0.258 e. The molecule has 0 fully saturated rings. The fourth-order valence-corrected chi connectivity index (χ4v) is 3.75. The Labute approximate surface area is 175 Å². The molecule has 3 aromatic carbocycles. The quantitative estimate of drug-likeness (QED) is 0.656. The van der Waals surface area contributed by atoms with Crippen molar-refractivity contribution in [3.8, 4) is 0 Å². The SMILES string of the molecule is O=C(Cc1ccccc1)Nc1ccc2c(c1)CCCN2C(=O)c1ccc(Cl)cc1. The van der Waals surface area contributed by atoms with Crippen LogP contribution in [0.1, 0.15) is 27.9 Å². The summed E-state index contributed by atoms with van der Waals surface area (Å²) in [6.07, 6.45) is 2.09. The van der Waals surface area contributed by atoms with Crippen molar-refractivity contribution in [1.29, 1.82) is 0 Å². The summed E-state index contributed by atoms with van der Waals surface area (Å²) in [7, 11) is 0. The van der Waals surface area contributed by atoms with Crippen LogP contribution < -0.4 is 10.2 Å². The number of rotatable bonds is 4. The second-order valence-corrected chi connectivity index (χ2v) is 7.56. The van der Waals surface area contributed by atoms with Crippen LogP contribution in [0.15, 0.2) is 72.8 Å². The summed E-state index contributed by atoms with van der Waals surface area (Å²) in [6.45, 7) is 0.675. The van der Waals surface area contributed by atoms with Gasteiger partial charge >= 0.3 is 0 Å². The molecule has 29 heavy (non-hydrogen) atoms. The first kappa shape index (κ1) is 19.2. The van der Waals surface area contributed by atoms with Gasteiger partial charge in [0.25, 0.3) is 5.91 Å². The van der Waals surface area contributed by atoms with Gasteiger partial charge in [-0.15, -0.1) is 0 Å². The van der Waals surface area contributed by atoms with Gasteiger partial charge in [0.1, 0.15) is 0 Å². The van der Waals surface area contributed by atoms with Crippen LogP contribution in [0, 0.1) is 0 Å². The number of anilines is 2. The lowest BCUT2D eigenvalue weighted by molar-refractivity contribution is -0.115. The number of carbonyl (C=O) groups is 2. The molecular weight excluding hydrogens is 384 g/mol. The lowest BCUT2D eigenvalue weighted by Gasteiger charge is -2.30. The Morgan fingerprint density at radius 3 is 2.48 bits per heavy atom. The molecule has 0 spiro atoms. The standard InChI is InChI=1S/C24H21ClN2O2/c25-20-10-8-18(9-11-20)24(29)27-14-4-7-19-16-21(12-13-22(19)27)26-23(28)15-17-5-2-1-3-6-17/h1-3,5-6,8-13,16H,4,7,14-15H2,(H,26,28). The van der Waals surface area contributed by atoms with Crippen molar-refractivity contribution in [2.75, 3.05) is 16.8 Å². The zero-order valence-corrected chi connectivity index (χ0v) is 16.7. The highest BCUT2D eigenvalue weighted by Gasteiger charge is 2.24. The molecule has 5 heteroatoms. The molecule has 0 aliphatic carbocycles. The number of amides is 2. The predicted molar refractivity (Wildman–Crippen MR) is 117 cm³/mol. The van der Waals surface area contributed by atoms with E-state index in [2.05, 4.69) is 5.32 Å². The van der Waals surface area contributed by atoms with Crippen molar-refractivity contribution >= 4 is 34.8 Å². The summed E-state index contributed by atoms with van der Waals surface area (Å²) in [5.41, 5.74) is 4.31. The molecule has 0 atom stereocenters. The van der Waals surface area contributed by atoms with Gasteiger partial charge in [-0.05, 0) is 66.4 Å². The largest absolute Gasteiger partial charge is 0.326 e. The van der Waals surface area contributed by atoms with E-state index in [4.69, 9.17) is 11.6 Å². The van der Waals surface area contributed by atoms with E-state index in [9.17, 15) is 9.59 Å². The number of aryl methyl sites for hydroxylation is 1. The van der Waals surface area contributed by atoms with Gasteiger partial charge < -0.3 is 10.2 Å². The van der Waals surface area contributed by atoms with Crippen LogP contribution in [0.2, 0.25) is 5.02 Å².